The SMILES string of the molecule is CC(C)(C)c1cc(/C=N\Nc2ncc(F)c(N3CCOCC3)n2)cc(C(C)(C)C)c1O. The molecule has 31 heavy (non-hydrogen) atoms. The summed E-state index contributed by atoms with van der Waals surface area (Å²) in [6, 6.07) is 3.86. The average molecular weight is 430 g/mol. The maximum Gasteiger partial charge on any atom is 0.245 e. The third kappa shape index (κ3) is 5.50. The molecule has 2 aromatic rings. The maximum atomic E-state index is 14.2. The lowest BCUT2D eigenvalue weighted by molar-refractivity contribution is 0.122. The van der Waals surface area contributed by atoms with E-state index in [0.717, 1.165) is 22.9 Å². The van der Waals surface area contributed by atoms with E-state index in [-0.39, 0.29) is 22.6 Å². The first-order chi connectivity index (χ1) is 14.5. The van der Waals surface area contributed by atoms with Crippen LogP contribution in [0, 0.1) is 5.82 Å². The number of benzene rings is 1. The van der Waals surface area contributed by atoms with Crippen molar-refractivity contribution in [3.05, 3.63) is 40.8 Å². The highest BCUT2D eigenvalue weighted by Gasteiger charge is 2.26. The van der Waals surface area contributed by atoms with Crippen molar-refractivity contribution in [2.24, 2.45) is 5.10 Å². The molecule has 0 radical (unpaired) electrons. The Morgan fingerprint density at radius 3 is 2.23 bits per heavy atom. The molecular formula is C23H32FN5O2. The van der Waals surface area contributed by atoms with Gasteiger partial charge in [-0.3, -0.25) is 0 Å². The summed E-state index contributed by atoms with van der Waals surface area (Å²) in [5.74, 6) is 0.303. The van der Waals surface area contributed by atoms with Crippen LogP contribution in [0.3, 0.4) is 0 Å². The number of aromatic hydroxyl groups is 1. The largest absolute Gasteiger partial charge is 0.507 e. The van der Waals surface area contributed by atoms with Crippen molar-refractivity contribution in [1.82, 2.24) is 9.97 Å². The van der Waals surface area contributed by atoms with E-state index in [1.807, 2.05) is 17.0 Å². The summed E-state index contributed by atoms with van der Waals surface area (Å²) in [5, 5.41) is 15.1. The zero-order chi connectivity index (χ0) is 22.8. The number of nitrogens with zero attached hydrogens (tertiary/aromatic N) is 4. The standard InChI is InChI=1S/C23H32FN5O2/c1-22(2,3)16-11-15(12-17(19(16)30)23(4,5)6)13-26-28-21-25-14-18(24)20(27-21)29-7-9-31-10-8-29/h11-14,30H,7-10H2,1-6H3,(H,25,27,28)/b26-13-. The lowest BCUT2D eigenvalue weighted by atomic mass is 9.78. The minimum Gasteiger partial charge on any atom is -0.507 e. The number of morpholine rings is 1. The van der Waals surface area contributed by atoms with E-state index >= 15 is 0 Å². The Hall–Kier alpha value is -2.74. The molecule has 8 heteroatoms. The van der Waals surface area contributed by atoms with Gasteiger partial charge in [-0.15, -0.1) is 0 Å². The minimum absolute atomic E-state index is 0.213. The first kappa shape index (κ1) is 22.9. The Labute approximate surface area is 183 Å². The third-order valence-electron chi connectivity index (χ3n) is 5.16. The van der Waals surface area contributed by atoms with Crippen LogP contribution in [0.2, 0.25) is 0 Å². The number of hydrogen-bond donors (Lipinski definition) is 2. The highest BCUT2D eigenvalue weighted by molar-refractivity contribution is 5.82. The van der Waals surface area contributed by atoms with E-state index in [1.54, 1.807) is 6.21 Å². The van der Waals surface area contributed by atoms with Crippen LogP contribution in [0.5, 0.6) is 5.75 Å². The summed E-state index contributed by atoms with van der Waals surface area (Å²) in [4.78, 5) is 10.1. The summed E-state index contributed by atoms with van der Waals surface area (Å²) < 4.78 is 19.5. The third-order valence-corrected chi connectivity index (χ3v) is 5.16. The molecule has 2 heterocycles. The second-order valence-electron chi connectivity index (χ2n) is 9.80. The molecule has 7 nitrogen and oxygen atoms in total. The van der Waals surface area contributed by atoms with Crippen LogP contribution < -0.4 is 10.3 Å². The van der Waals surface area contributed by atoms with E-state index in [4.69, 9.17) is 4.74 Å². The van der Waals surface area contributed by atoms with Gasteiger partial charge < -0.3 is 14.7 Å². The molecule has 0 unspecified atom stereocenters. The Morgan fingerprint density at radius 1 is 1.10 bits per heavy atom. The fraction of sp³-hybridized carbons (Fsp3) is 0.522. The number of ether oxygens (including phenoxy) is 1. The number of halogens is 1. The monoisotopic (exact) mass is 429 g/mol. The van der Waals surface area contributed by atoms with Crippen LogP contribution in [-0.2, 0) is 15.6 Å². The van der Waals surface area contributed by atoms with Crippen molar-refractivity contribution in [2.45, 2.75) is 52.4 Å². The molecule has 0 saturated carbocycles. The summed E-state index contributed by atoms with van der Waals surface area (Å²) in [5.41, 5.74) is 4.89. The molecule has 168 valence electrons. The van der Waals surface area contributed by atoms with Crippen LogP contribution in [0.15, 0.2) is 23.4 Å². The normalized spacial score (nSPS) is 15.5. The highest BCUT2D eigenvalue weighted by Crippen LogP contribution is 2.39. The molecule has 0 aliphatic carbocycles. The van der Waals surface area contributed by atoms with Gasteiger partial charge in [0.15, 0.2) is 11.6 Å². The van der Waals surface area contributed by atoms with Crippen molar-refractivity contribution >= 4 is 18.0 Å². The zero-order valence-electron chi connectivity index (χ0n) is 19.2. The van der Waals surface area contributed by atoms with Crippen LogP contribution in [-0.4, -0.2) is 47.6 Å². The maximum absolute atomic E-state index is 14.2. The van der Waals surface area contributed by atoms with Gasteiger partial charge >= 0.3 is 0 Å². The summed E-state index contributed by atoms with van der Waals surface area (Å²) >= 11 is 0. The highest BCUT2D eigenvalue weighted by atomic mass is 19.1. The number of phenols is 1. The molecule has 0 atom stereocenters. The minimum atomic E-state index is -0.473. The number of hydrogen-bond acceptors (Lipinski definition) is 7. The molecule has 1 aromatic heterocycles. The van der Waals surface area contributed by atoms with E-state index < -0.39 is 5.82 Å². The van der Waals surface area contributed by atoms with Gasteiger partial charge in [0.2, 0.25) is 5.95 Å². The van der Waals surface area contributed by atoms with E-state index in [1.165, 1.54) is 0 Å². The number of rotatable bonds is 4. The zero-order valence-corrected chi connectivity index (χ0v) is 19.2. The fourth-order valence-corrected chi connectivity index (χ4v) is 3.45. The second kappa shape index (κ2) is 8.78. The van der Waals surface area contributed by atoms with Gasteiger partial charge in [0.1, 0.15) is 5.75 Å². The summed E-state index contributed by atoms with van der Waals surface area (Å²) in [6.07, 6.45) is 2.80. The molecule has 1 aliphatic rings. The van der Waals surface area contributed by atoms with Gasteiger partial charge in [0, 0.05) is 24.2 Å². The Morgan fingerprint density at radius 2 is 1.68 bits per heavy atom. The first-order valence-corrected chi connectivity index (χ1v) is 10.5. The number of hydrazone groups is 1. The molecule has 1 aliphatic heterocycles. The van der Waals surface area contributed by atoms with Crippen molar-refractivity contribution in [1.29, 1.82) is 0 Å². The Balaban J connectivity index is 1.85. The lowest BCUT2D eigenvalue weighted by Crippen LogP contribution is -2.37. The van der Waals surface area contributed by atoms with Gasteiger partial charge in [-0.2, -0.15) is 10.1 Å². The predicted octanol–water partition coefficient (Wildman–Crippen LogP) is 4.20. The van der Waals surface area contributed by atoms with Crippen molar-refractivity contribution in [3.63, 3.8) is 0 Å². The molecule has 0 amide bonds. The second-order valence-corrected chi connectivity index (χ2v) is 9.80. The molecule has 0 bridgehead atoms. The van der Waals surface area contributed by atoms with E-state index in [2.05, 4.69) is 62.0 Å². The Bertz CT molecular complexity index is 922. The van der Waals surface area contributed by atoms with Gasteiger partial charge in [0.05, 0.1) is 25.6 Å². The molecule has 0 spiro atoms. The van der Waals surface area contributed by atoms with Crippen LogP contribution >= 0.6 is 0 Å². The molecule has 1 fully saturated rings. The molecule has 1 aromatic carbocycles. The molecule has 3 rings (SSSR count). The fourth-order valence-electron chi connectivity index (χ4n) is 3.45. The number of nitrogens with one attached hydrogen (secondary N) is 1. The molecule has 1 saturated heterocycles. The molecular weight excluding hydrogens is 397 g/mol. The van der Waals surface area contributed by atoms with Crippen LogP contribution in [0.4, 0.5) is 16.2 Å². The van der Waals surface area contributed by atoms with Crippen molar-refractivity contribution in [3.8, 4) is 5.75 Å². The lowest BCUT2D eigenvalue weighted by Gasteiger charge is -2.28. The summed E-state index contributed by atoms with van der Waals surface area (Å²) in [6.45, 7) is 14.6. The summed E-state index contributed by atoms with van der Waals surface area (Å²) in [7, 11) is 0. The van der Waals surface area contributed by atoms with Crippen molar-refractivity contribution in [2.75, 3.05) is 36.6 Å². The number of aromatic nitrogens is 2. The van der Waals surface area contributed by atoms with Gasteiger partial charge in [0.25, 0.3) is 0 Å². The van der Waals surface area contributed by atoms with E-state index in [0.29, 0.717) is 32.1 Å². The average Bonchev–Trinajstić information content (AvgIpc) is 2.69. The van der Waals surface area contributed by atoms with Gasteiger partial charge in [-0.05, 0) is 28.5 Å². The van der Waals surface area contributed by atoms with Gasteiger partial charge in [-0.1, -0.05) is 41.5 Å². The van der Waals surface area contributed by atoms with Crippen molar-refractivity contribution < 1.29 is 14.2 Å². The Kier molecular flexibility index (Phi) is 6.50. The number of anilines is 2. The van der Waals surface area contributed by atoms with Gasteiger partial charge in [-0.25, -0.2) is 14.8 Å². The number of phenolic OH excluding ortho intramolecular Hbond substituents is 1. The molecule has 2 N–H and O–H groups in total. The van der Waals surface area contributed by atoms with E-state index in [9.17, 15) is 9.50 Å². The quantitative estimate of drug-likeness (QED) is 0.560. The van der Waals surface area contributed by atoms with Crippen LogP contribution in [0.1, 0.15) is 58.2 Å². The smallest absolute Gasteiger partial charge is 0.245 e. The predicted molar refractivity (Wildman–Crippen MR) is 122 cm³/mol. The van der Waals surface area contributed by atoms with Crippen LogP contribution in [0.25, 0.3) is 0 Å². The first-order valence-electron chi connectivity index (χ1n) is 10.5. The topological polar surface area (TPSA) is 82.9 Å².